The Hall–Kier alpha value is -1.01. The summed E-state index contributed by atoms with van der Waals surface area (Å²) < 4.78 is 0. The van der Waals surface area contributed by atoms with E-state index in [9.17, 15) is 4.79 Å². The average molecular weight is 306 g/mol. The van der Waals surface area contributed by atoms with E-state index >= 15 is 0 Å². The first-order chi connectivity index (χ1) is 8.53. The largest absolute Gasteiger partial charge is 0.308 e. The number of hydrogen-bond acceptors (Lipinski definition) is 4. The highest BCUT2D eigenvalue weighted by atomic mass is 35.5. The van der Waals surface area contributed by atoms with Gasteiger partial charge in [0, 0.05) is 5.69 Å². The number of halogens is 2. The quantitative estimate of drug-likeness (QED) is 0.663. The number of hydrogen-bond donors (Lipinski definition) is 2. The molecule has 1 aromatic rings. The summed E-state index contributed by atoms with van der Waals surface area (Å²) in [7, 11) is 0. The molecule has 1 saturated heterocycles. The van der Waals surface area contributed by atoms with Crippen LogP contribution in [0.1, 0.15) is 19.4 Å². The molecule has 0 aliphatic carbocycles. The van der Waals surface area contributed by atoms with E-state index in [2.05, 4.69) is 10.4 Å². The van der Waals surface area contributed by atoms with Crippen molar-refractivity contribution in [1.29, 1.82) is 0 Å². The molecule has 0 bridgehead atoms. The summed E-state index contributed by atoms with van der Waals surface area (Å²) >= 11 is 5.33. The zero-order valence-corrected chi connectivity index (χ0v) is 12.3. The van der Waals surface area contributed by atoms with Gasteiger partial charge < -0.3 is 5.43 Å². The summed E-state index contributed by atoms with van der Waals surface area (Å²) in [6.45, 7) is 4.65. The third-order valence-electron chi connectivity index (χ3n) is 2.86. The second-order valence-corrected chi connectivity index (χ2v) is 5.10. The van der Waals surface area contributed by atoms with Crippen LogP contribution in [0.25, 0.3) is 0 Å². The van der Waals surface area contributed by atoms with Crippen LogP contribution >= 0.6 is 24.2 Å². The maximum Gasteiger partial charge on any atom is 0.254 e. The lowest BCUT2D eigenvalue weighted by molar-refractivity contribution is -0.165. The predicted octanol–water partition coefficient (Wildman–Crippen LogP) is 2.48. The summed E-state index contributed by atoms with van der Waals surface area (Å²) in [6.07, 6.45) is 0. The molecular weight excluding hydrogens is 289 g/mol. The van der Waals surface area contributed by atoms with Crippen molar-refractivity contribution in [1.82, 2.24) is 10.0 Å². The molecule has 0 radical (unpaired) electrons. The Morgan fingerprint density at radius 2 is 2.00 bits per heavy atom. The Bertz CT molecular complexity index is 437. The molecule has 0 atom stereocenters. The SMILES string of the molecule is CC1(C)CON(Cc2ccc(NNCl)cc2)C1=O.Cl. The fourth-order valence-corrected chi connectivity index (χ4v) is 1.84. The smallest absolute Gasteiger partial charge is 0.254 e. The van der Waals surface area contributed by atoms with Crippen LogP contribution in [0, 0.1) is 5.41 Å². The van der Waals surface area contributed by atoms with Crippen LogP contribution < -0.4 is 10.4 Å². The molecule has 7 heteroatoms. The highest BCUT2D eigenvalue weighted by molar-refractivity contribution is 6.13. The molecule has 1 amide bonds. The fourth-order valence-electron chi connectivity index (χ4n) is 1.73. The van der Waals surface area contributed by atoms with Gasteiger partial charge in [-0.25, -0.2) is 5.06 Å². The zero-order valence-electron chi connectivity index (χ0n) is 10.8. The number of carbonyl (C=O) groups is 1. The van der Waals surface area contributed by atoms with Gasteiger partial charge in [-0.15, -0.1) is 17.4 Å². The molecule has 0 aromatic heterocycles. The van der Waals surface area contributed by atoms with Crippen LogP contribution in [0.2, 0.25) is 0 Å². The van der Waals surface area contributed by atoms with E-state index in [1.807, 2.05) is 38.1 Å². The lowest BCUT2D eigenvalue weighted by Gasteiger charge is -2.16. The molecule has 5 nitrogen and oxygen atoms in total. The molecule has 1 fully saturated rings. The van der Waals surface area contributed by atoms with Gasteiger partial charge in [-0.1, -0.05) is 12.1 Å². The zero-order chi connectivity index (χ0) is 13.2. The van der Waals surface area contributed by atoms with Crippen LogP contribution in [0.5, 0.6) is 0 Å². The van der Waals surface area contributed by atoms with Crippen LogP contribution in [-0.2, 0) is 16.2 Å². The minimum Gasteiger partial charge on any atom is -0.308 e. The Morgan fingerprint density at radius 1 is 1.37 bits per heavy atom. The number of hydroxylamine groups is 2. The van der Waals surface area contributed by atoms with Crippen molar-refractivity contribution >= 4 is 35.8 Å². The van der Waals surface area contributed by atoms with Gasteiger partial charge in [0.1, 0.15) is 0 Å². The van der Waals surface area contributed by atoms with Gasteiger partial charge in [0.15, 0.2) is 0 Å². The second-order valence-electron chi connectivity index (χ2n) is 4.92. The minimum absolute atomic E-state index is 0. The first kappa shape index (κ1) is 16.0. The summed E-state index contributed by atoms with van der Waals surface area (Å²) in [6, 6.07) is 7.57. The van der Waals surface area contributed by atoms with Crippen LogP contribution in [0.3, 0.4) is 0 Å². The van der Waals surface area contributed by atoms with E-state index in [-0.39, 0.29) is 18.3 Å². The van der Waals surface area contributed by atoms with Gasteiger partial charge in [-0.2, -0.15) is 0 Å². The topological polar surface area (TPSA) is 53.6 Å². The molecule has 1 aliphatic heterocycles. The number of hydrazine groups is 1. The molecule has 1 aromatic carbocycles. The van der Waals surface area contributed by atoms with Gasteiger partial charge in [-0.3, -0.25) is 9.63 Å². The van der Waals surface area contributed by atoms with Crippen LogP contribution in [0.15, 0.2) is 24.3 Å². The summed E-state index contributed by atoms with van der Waals surface area (Å²) in [5, 5.41) is 1.42. The first-order valence-corrected chi connectivity index (χ1v) is 6.06. The van der Waals surface area contributed by atoms with Gasteiger partial charge in [0.2, 0.25) is 0 Å². The first-order valence-electron chi connectivity index (χ1n) is 5.68. The van der Waals surface area contributed by atoms with Crippen molar-refractivity contribution in [3.8, 4) is 0 Å². The number of nitrogens with one attached hydrogen (secondary N) is 2. The summed E-state index contributed by atoms with van der Waals surface area (Å²) in [5.74, 6) is 0.0205. The van der Waals surface area contributed by atoms with Gasteiger partial charge in [-0.05, 0) is 43.3 Å². The lowest BCUT2D eigenvalue weighted by Crippen LogP contribution is -2.30. The van der Waals surface area contributed by atoms with Crippen molar-refractivity contribution < 1.29 is 9.63 Å². The fraction of sp³-hybridized carbons (Fsp3) is 0.417. The monoisotopic (exact) mass is 305 g/mol. The molecular formula is C12H17Cl2N3O2. The van der Waals surface area contributed by atoms with Gasteiger partial charge in [0.25, 0.3) is 5.91 Å². The molecule has 1 heterocycles. The van der Waals surface area contributed by atoms with Crippen molar-refractivity contribution in [3.05, 3.63) is 29.8 Å². The van der Waals surface area contributed by atoms with Gasteiger partial charge in [0.05, 0.1) is 18.6 Å². The number of anilines is 1. The molecule has 2 N–H and O–H groups in total. The number of amides is 1. The normalized spacial score (nSPS) is 17.2. The lowest BCUT2D eigenvalue weighted by atomic mass is 9.95. The minimum atomic E-state index is -0.427. The predicted molar refractivity (Wildman–Crippen MR) is 76.6 cm³/mol. The highest BCUT2D eigenvalue weighted by Gasteiger charge is 2.40. The Balaban J connectivity index is 0.00000180. The third-order valence-corrected chi connectivity index (χ3v) is 2.95. The van der Waals surface area contributed by atoms with Gasteiger partial charge >= 0.3 is 0 Å². The van der Waals surface area contributed by atoms with E-state index in [1.54, 1.807) is 0 Å². The standard InChI is InChI=1S/C12H16ClN3O2.ClH/c1-12(2)8-18-16(11(12)17)7-9-3-5-10(6-4-9)14-15-13;/h3-6,14-15H,7-8H2,1-2H3;1H. The molecule has 0 saturated carbocycles. The second kappa shape index (κ2) is 6.43. The van der Waals surface area contributed by atoms with E-state index < -0.39 is 5.41 Å². The van der Waals surface area contributed by atoms with Crippen molar-refractivity contribution in [2.24, 2.45) is 5.41 Å². The maximum absolute atomic E-state index is 12.0. The van der Waals surface area contributed by atoms with Crippen molar-refractivity contribution in [2.45, 2.75) is 20.4 Å². The molecule has 19 heavy (non-hydrogen) atoms. The average Bonchev–Trinajstić information content (AvgIpc) is 2.59. The highest BCUT2D eigenvalue weighted by Crippen LogP contribution is 2.28. The summed E-state index contributed by atoms with van der Waals surface area (Å²) in [4.78, 5) is 19.7. The number of carbonyl (C=O) groups excluding carboxylic acids is 1. The molecule has 0 spiro atoms. The van der Waals surface area contributed by atoms with E-state index in [0.717, 1.165) is 11.3 Å². The Labute approximate surface area is 123 Å². The number of nitrogens with zero attached hydrogens (tertiary/aromatic N) is 1. The van der Waals surface area contributed by atoms with Crippen molar-refractivity contribution in [3.63, 3.8) is 0 Å². The maximum atomic E-state index is 12.0. The van der Waals surface area contributed by atoms with E-state index in [1.165, 1.54) is 5.06 Å². The van der Waals surface area contributed by atoms with E-state index in [4.69, 9.17) is 16.6 Å². The number of benzene rings is 1. The molecule has 1 aliphatic rings. The van der Waals surface area contributed by atoms with E-state index in [0.29, 0.717) is 13.2 Å². The molecule has 0 unspecified atom stereocenters. The Morgan fingerprint density at radius 3 is 2.47 bits per heavy atom. The van der Waals surface area contributed by atoms with Crippen LogP contribution in [0.4, 0.5) is 5.69 Å². The third kappa shape index (κ3) is 3.73. The summed E-state index contributed by atoms with van der Waals surface area (Å²) in [5.41, 5.74) is 4.18. The molecule has 2 rings (SSSR count). The molecule has 106 valence electrons. The Kier molecular flexibility index (Phi) is 5.43. The van der Waals surface area contributed by atoms with Crippen LogP contribution in [-0.4, -0.2) is 17.6 Å². The van der Waals surface area contributed by atoms with Crippen molar-refractivity contribution in [2.75, 3.05) is 12.0 Å². The number of rotatable bonds is 4.